The lowest BCUT2D eigenvalue weighted by Crippen LogP contribution is -2.18. The van der Waals surface area contributed by atoms with Gasteiger partial charge in [0, 0.05) is 35.4 Å². The fourth-order valence-corrected chi connectivity index (χ4v) is 2.32. The van der Waals surface area contributed by atoms with E-state index in [9.17, 15) is 4.79 Å². The van der Waals surface area contributed by atoms with Gasteiger partial charge in [-0.2, -0.15) is 5.10 Å². The number of benzene rings is 1. The van der Waals surface area contributed by atoms with Gasteiger partial charge in [0.1, 0.15) is 12.4 Å². The van der Waals surface area contributed by atoms with E-state index in [2.05, 4.69) is 20.5 Å². The molecule has 3 aromatic rings. The number of hydrogen-bond donors (Lipinski definition) is 4. The van der Waals surface area contributed by atoms with Gasteiger partial charge in [-0.25, -0.2) is 9.78 Å². The van der Waals surface area contributed by atoms with Crippen molar-refractivity contribution in [2.24, 2.45) is 5.73 Å². The number of primary amides is 1. The molecule has 0 bridgehead atoms. The second-order valence-electron chi connectivity index (χ2n) is 4.89. The van der Waals surface area contributed by atoms with E-state index in [4.69, 9.17) is 16.2 Å². The van der Waals surface area contributed by atoms with Gasteiger partial charge in [-0.1, -0.05) is 12.1 Å². The largest absolute Gasteiger partial charge is 0.448 e. The maximum Gasteiger partial charge on any atom is 0.404 e. The van der Waals surface area contributed by atoms with Crippen molar-refractivity contribution >= 4 is 28.5 Å². The molecule has 1 aromatic carbocycles. The molecule has 6 N–H and O–H groups in total. The van der Waals surface area contributed by atoms with Crippen LogP contribution in [0.3, 0.4) is 0 Å². The number of ether oxygens (including phenoxy) is 1. The molecule has 1 amide bonds. The van der Waals surface area contributed by atoms with Crippen molar-refractivity contribution < 1.29 is 9.53 Å². The summed E-state index contributed by atoms with van der Waals surface area (Å²) >= 11 is 0. The number of rotatable bonds is 5. The molecule has 0 atom stereocenters. The van der Waals surface area contributed by atoms with Crippen molar-refractivity contribution in [1.29, 1.82) is 0 Å². The summed E-state index contributed by atoms with van der Waals surface area (Å²) in [5.41, 5.74) is 14.2. The van der Waals surface area contributed by atoms with Crippen LogP contribution in [-0.2, 0) is 4.74 Å². The molecular formula is C15H16N6O2. The number of H-pyrrole nitrogens is 1. The number of nitrogens with zero attached hydrogens (tertiary/aromatic N) is 2. The predicted octanol–water partition coefficient (Wildman–Crippen LogP) is 1.71. The van der Waals surface area contributed by atoms with Gasteiger partial charge in [-0.05, 0) is 12.1 Å². The molecule has 2 heterocycles. The highest BCUT2D eigenvalue weighted by atomic mass is 16.5. The van der Waals surface area contributed by atoms with Crippen LogP contribution in [0.2, 0.25) is 0 Å². The van der Waals surface area contributed by atoms with Crippen LogP contribution in [0.5, 0.6) is 0 Å². The highest BCUT2D eigenvalue weighted by Crippen LogP contribution is 2.28. The van der Waals surface area contributed by atoms with E-state index in [0.29, 0.717) is 12.4 Å². The minimum absolute atomic E-state index is 0.172. The van der Waals surface area contributed by atoms with Crippen molar-refractivity contribution in [2.45, 2.75) is 0 Å². The normalized spacial score (nSPS) is 10.6. The summed E-state index contributed by atoms with van der Waals surface area (Å²) < 4.78 is 4.69. The van der Waals surface area contributed by atoms with Crippen LogP contribution in [0.25, 0.3) is 22.2 Å². The van der Waals surface area contributed by atoms with Gasteiger partial charge >= 0.3 is 6.09 Å². The summed E-state index contributed by atoms with van der Waals surface area (Å²) in [5.74, 6) is 0.401. The molecule has 0 aliphatic rings. The van der Waals surface area contributed by atoms with Gasteiger partial charge in [-0.15, -0.1) is 0 Å². The molecule has 0 radical (unpaired) electrons. The smallest absolute Gasteiger partial charge is 0.404 e. The van der Waals surface area contributed by atoms with Gasteiger partial charge in [0.25, 0.3) is 0 Å². The van der Waals surface area contributed by atoms with Crippen LogP contribution in [0.15, 0.2) is 36.5 Å². The van der Waals surface area contributed by atoms with Gasteiger partial charge in [0.15, 0.2) is 0 Å². The Morgan fingerprint density at radius 3 is 2.91 bits per heavy atom. The van der Waals surface area contributed by atoms with E-state index >= 15 is 0 Å². The molecule has 0 unspecified atom stereocenters. The van der Waals surface area contributed by atoms with E-state index in [0.717, 1.165) is 27.8 Å². The average molecular weight is 312 g/mol. The Bertz CT molecular complexity index is 831. The molecule has 0 saturated carbocycles. The molecule has 0 aliphatic carbocycles. The van der Waals surface area contributed by atoms with Crippen LogP contribution in [0, 0.1) is 0 Å². The van der Waals surface area contributed by atoms with Crippen molar-refractivity contribution in [3.05, 3.63) is 36.5 Å². The van der Waals surface area contributed by atoms with Crippen molar-refractivity contribution in [3.63, 3.8) is 0 Å². The first-order valence-electron chi connectivity index (χ1n) is 6.99. The third-order valence-corrected chi connectivity index (χ3v) is 3.30. The number of nitrogens with two attached hydrogens (primary N) is 2. The number of fused-ring (bicyclic) bond motifs is 1. The highest BCUT2D eigenvalue weighted by molar-refractivity contribution is 5.95. The summed E-state index contributed by atoms with van der Waals surface area (Å²) in [6.45, 7) is 0.592. The highest BCUT2D eigenvalue weighted by Gasteiger charge is 2.07. The van der Waals surface area contributed by atoms with Crippen LogP contribution in [0.4, 0.5) is 16.3 Å². The van der Waals surface area contributed by atoms with E-state index in [1.54, 1.807) is 12.3 Å². The van der Waals surface area contributed by atoms with Crippen molar-refractivity contribution in [2.75, 3.05) is 24.2 Å². The Kier molecular flexibility index (Phi) is 3.96. The Morgan fingerprint density at radius 2 is 2.17 bits per heavy atom. The second-order valence-corrected chi connectivity index (χ2v) is 4.89. The van der Waals surface area contributed by atoms with Gasteiger partial charge in [-0.3, -0.25) is 5.10 Å². The minimum Gasteiger partial charge on any atom is -0.448 e. The predicted molar refractivity (Wildman–Crippen MR) is 87.8 cm³/mol. The lowest BCUT2D eigenvalue weighted by atomic mass is 10.1. The maximum absolute atomic E-state index is 10.6. The van der Waals surface area contributed by atoms with E-state index < -0.39 is 6.09 Å². The lowest BCUT2D eigenvalue weighted by Gasteiger charge is -2.11. The number of anilines is 2. The monoisotopic (exact) mass is 312 g/mol. The summed E-state index contributed by atoms with van der Waals surface area (Å²) in [7, 11) is 0. The van der Waals surface area contributed by atoms with Crippen LogP contribution in [0.1, 0.15) is 0 Å². The van der Waals surface area contributed by atoms with Crippen molar-refractivity contribution in [1.82, 2.24) is 15.2 Å². The first-order chi connectivity index (χ1) is 11.1. The SMILES string of the molecule is NC(=O)OCCNc1cc(N)nc2cc(-c3ccn[nH]3)ccc12. The van der Waals surface area contributed by atoms with E-state index in [-0.39, 0.29) is 6.61 Å². The molecule has 3 rings (SSSR count). The molecule has 2 aromatic heterocycles. The van der Waals surface area contributed by atoms with Crippen LogP contribution in [-0.4, -0.2) is 34.4 Å². The fraction of sp³-hybridized carbons (Fsp3) is 0.133. The molecule has 8 heteroatoms. The van der Waals surface area contributed by atoms with Gasteiger partial charge < -0.3 is 21.5 Å². The molecule has 118 valence electrons. The minimum atomic E-state index is -0.796. The first-order valence-corrected chi connectivity index (χ1v) is 6.99. The number of aromatic nitrogens is 3. The number of nitrogens with one attached hydrogen (secondary N) is 2. The zero-order valence-corrected chi connectivity index (χ0v) is 12.2. The second kappa shape index (κ2) is 6.22. The lowest BCUT2D eigenvalue weighted by molar-refractivity contribution is 0.161. The Hall–Kier alpha value is -3.29. The zero-order valence-electron chi connectivity index (χ0n) is 12.2. The molecular weight excluding hydrogens is 296 g/mol. The van der Waals surface area contributed by atoms with Gasteiger partial charge in [0.05, 0.1) is 11.2 Å². The van der Waals surface area contributed by atoms with Gasteiger partial charge in [0.2, 0.25) is 0 Å². The average Bonchev–Trinajstić information content (AvgIpc) is 3.04. The number of nitrogen functional groups attached to an aromatic ring is 1. The summed E-state index contributed by atoms with van der Waals surface area (Å²) in [6.07, 6.45) is 0.896. The molecule has 0 fully saturated rings. The number of aromatic amines is 1. The first kappa shape index (κ1) is 14.6. The number of pyridine rings is 1. The van der Waals surface area contributed by atoms with Crippen LogP contribution >= 0.6 is 0 Å². The quantitative estimate of drug-likeness (QED) is 0.530. The number of amides is 1. The molecule has 0 aliphatic heterocycles. The Labute approximate surface area is 131 Å². The maximum atomic E-state index is 10.6. The molecule has 0 saturated heterocycles. The van der Waals surface area contributed by atoms with E-state index in [1.807, 2.05) is 24.3 Å². The third-order valence-electron chi connectivity index (χ3n) is 3.30. The number of carbonyl (C=O) groups is 1. The summed E-state index contributed by atoms with van der Waals surface area (Å²) in [5, 5.41) is 10.9. The third kappa shape index (κ3) is 3.31. The summed E-state index contributed by atoms with van der Waals surface area (Å²) in [4.78, 5) is 14.9. The standard InChI is InChI=1S/C15H16N6O2/c16-14-8-12(18-5-6-23-15(17)22)10-2-1-9(7-13(10)20-14)11-3-4-19-21-11/h1-4,7-8H,5-6H2,(H2,17,22)(H,19,21)(H3,16,18,20). The van der Waals surface area contributed by atoms with E-state index in [1.165, 1.54) is 0 Å². The zero-order chi connectivity index (χ0) is 16.2. The fourth-order valence-electron chi connectivity index (χ4n) is 2.32. The van der Waals surface area contributed by atoms with Crippen LogP contribution < -0.4 is 16.8 Å². The molecule has 0 spiro atoms. The Morgan fingerprint density at radius 1 is 1.30 bits per heavy atom. The molecule has 8 nitrogen and oxygen atoms in total. The molecule has 23 heavy (non-hydrogen) atoms. The number of hydrogen-bond acceptors (Lipinski definition) is 6. The van der Waals surface area contributed by atoms with Crippen molar-refractivity contribution in [3.8, 4) is 11.3 Å². The topological polar surface area (TPSA) is 132 Å². The Balaban J connectivity index is 1.88. The number of carbonyl (C=O) groups excluding carboxylic acids is 1. The summed E-state index contributed by atoms with van der Waals surface area (Å²) in [6, 6.07) is 9.48.